The Kier molecular flexibility index (Phi) is 6.11. The fourth-order valence-corrected chi connectivity index (χ4v) is 4.17. The molecule has 0 radical (unpaired) electrons. The van der Waals surface area contributed by atoms with E-state index < -0.39 is 5.97 Å². The van der Waals surface area contributed by atoms with Crippen LogP contribution in [0.25, 0.3) is 5.82 Å². The number of ether oxygens (including phenoxy) is 1. The fourth-order valence-electron chi connectivity index (χ4n) is 4.17. The minimum absolute atomic E-state index is 0.00857. The summed E-state index contributed by atoms with van der Waals surface area (Å²) >= 11 is 0. The molecule has 1 amide bonds. The van der Waals surface area contributed by atoms with Crippen LogP contribution < -0.4 is 0 Å². The molecule has 0 bridgehead atoms. The van der Waals surface area contributed by atoms with Crippen LogP contribution in [0.3, 0.4) is 0 Å². The van der Waals surface area contributed by atoms with Gasteiger partial charge in [0.15, 0.2) is 12.4 Å². The van der Waals surface area contributed by atoms with Crippen LogP contribution in [0.15, 0.2) is 54.9 Å². The molecule has 3 aromatic rings. The third kappa shape index (κ3) is 4.21. The summed E-state index contributed by atoms with van der Waals surface area (Å²) in [6.07, 6.45) is 6.70. The predicted molar refractivity (Wildman–Crippen MR) is 116 cm³/mol. The molecule has 0 saturated carbocycles. The van der Waals surface area contributed by atoms with E-state index in [4.69, 9.17) is 4.74 Å². The number of likely N-dealkylation sites (N-methyl/N-ethyl adjacent to an activating group) is 1. The van der Waals surface area contributed by atoms with Gasteiger partial charge in [-0.25, -0.2) is 14.5 Å². The van der Waals surface area contributed by atoms with Crippen LogP contribution in [-0.2, 0) is 22.4 Å². The Labute approximate surface area is 181 Å². The maximum absolute atomic E-state index is 12.8. The van der Waals surface area contributed by atoms with E-state index in [0.29, 0.717) is 23.5 Å². The molecule has 4 rings (SSSR count). The molecule has 0 aliphatic heterocycles. The highest BCUT2D eigenvalue weighted by molar-refractivity contribution is 5.92. The highest BCUT2D eigenvalue weighted by Gasteiger charge is 2.27. The van der Waals surface area contributed by atoms with E-state index in [1.54, 1.807) is 22.8 Å². The molecule has 0 N–H and O–H groups in total. The minimum atomic E-state index is -0.551. The largest absolute Gasteiger partial charge is 0.452 e. The molecule has 1 atom stereocenters. The predicted octanol–water partition coefficient (Wildman–Crippen LogP) is 3.52. The molecule has 0 spiro atoms. The van der Waals surface area contributed by atoms with Crippen LogP contribution in [0.1, 0.15) is 53.0 Å². The third-order valence-electron chi connectivity index (χ3n) is 5.82. The molecule has 0 fully saturated rings. The molecule has 31 heavy (non-hydrogen) atoms. The van der Waals surface area contributed by atoms with Gasteiger partial charge >= 0.3 is 5.97 Å². The van der Waals surface area contributed by atoms with Crippen LogP contribution >= 0.6 is 0 Å². The van der Waals surface area contributed by atoms with Gasteiger partial charge in [-0.05, 0) is 48.9 Å². The van der Waals surface area contributed by atoms with Gasteiger partial charge in [0, 0.05) is 13.2 Å². The van der Waals surface area contributed by atoms with E-state index in [1.165, 1.54) is 17.3 Å². The quantitative estimate of drug-likeness (QED) is 0.573. The van der Waals surface area contributed by atoms with Crippen molar-refractivity contribution in [3.63, 3.8) is 0 Å². The molecule has 1 aliphatic carbocycles. The number of carbonyl (C=O) groups excluding carboxylic acids is 2. The summed E-state index contributed by atoms with van der Waals surface area (Å²) in [4.78, 5) is 31.5. The number of amides is 1. The number of hydrogen-bond acceptors (Lipinski definition) is 5. The van der Waals surface area contributed by atoms with E-state index in [-0.39, 0.29) is 18.6 Å². The highest BCUT2D eigenvalue weighted by atomic mass is 16.5. The number of nitrogens with zero attached hydrogens (tertiary/aromatic N) is 4. The molecule has 7 heteroatoms. The summed E-state index contributed by atoms with van der Waals surface area (Å²) in [6.45, 7) is 1.64. The Morgan fingerprint density at radius 3 is 2.77 bits per heavy atom. The lowest BCUT2D eigenvalue weighted by Crippen LogP contribution is -2.36. The van der Waals surface area contributed by atoms with Gasteiger partial charge in [-0.1, -0.05) is 37.3 Å². The number of rotatable bonds is 6. The zero-order valence-electron chi connectivity index (χ0n) is 17.8. The Morgan fingerprint density at radius 1 is 1.19 bits per heavy atom. The summed E-state index contributed by atoms with van der Waals surface area (Å²) in [5.74, 6) is -0.139. The maximum atomic E-state index is 12.8. The summed E-state index contributed by atoms with van der Waals surface area (Å²) < 4.78 is 7.01. The van der Waals surface area contributed by atoms with Crippen molar-refractivity contribution in [2.45, 2.75) is 38.6 Å². The van der Waals surface area contributed by atoms with E-state index >= 15 is 0 Å². The molecule has 1 unspecified atom stereocenters. The van der Waals surface area contributed by atoms with E-state index in [0.717, 1.165) is 19.3 Å². The Bertz CT molecular complexity index is 1080. The molecule has 1 aliphatic rings. The smallest absolute Gasteiger partial charge is 0.342 e. The van der Waals surface area contributed by atoms with Crippen molar-refractivity contribution in [3.05, 3.63) is 77.2 Å². The number of aryl methyl sites for hydroxylation is 1. The number of aromatic nitrogens is 3. The van der Waals surface area contributed by atoms with Gasteiger partial charge in [0.25, 0.3) is 5.91 Å². The normalized spacial score (nSPS) is 15.2. The molecule has 2 aromatic heterocycles. The number of pyridine rings is 1. The van der Waals surface area contributed by atoms with E-state index in [2.05, 4.69) is 22.2 Å². The van der Waals surface area contributed by atoms with Crippen molar-refractivity contribution in [1.82, 2.24) is 19.7 Å². The first kappa shape index (κ1) is 20.8. The SMILES string of the molecule is CCc1c(C(=O)OCC(=O)N(C)C2CCCc3ccccc32)cnn1-c1ccccn1. The van der Waals surface area contributed by atoms with Crippen LogP contribution in [0, 0.1) is 0 Å². The van der Waals surface area contributed by atoms with Crippen molar-refractivity contribution in [1.29, 1.82) is 0 Å². The monoisotopic (exact) mass is 418 g/mol. The number of hydrogen-bond donors (Lipinski definition) is 0. The Morgan fingerprint density at radius 2 is 2.00 bits per heavy atom. The number of carbonyl (C=O) groups is 2. The second kappa shape index (κ2) is 9.12. The van der Waals surface area contributed by atoms with Gasteiger partial charge in [0.1, 0.15) is 5.56 Å². The number of benzene rings is 1. The van der Waals surface area contributed by atoms with Crippen molar-refractivity contribution in [2.75, 3.05) is 13.7 Å². The maximum Gasteiger partial charge on any atom is 0.342 e. The lowest BCUT2D eigenvalue weighted by Gasteiger charge is -2.33. The summed E-state index contributed by atoms with van der Waals surface area (Å²) in [5.41, 5.74) is 3.52. The molecule has 0 saturated heterocycles. The first-order valence-corrected chi connectivity index (χ1v) is 10.6. The standard InChI is InChI=1S/C24H26N4O3/c1-3-20-19(15-26-28(20)22-13-6-7-14-25-22)24(30)31-16-23(29)27(2)21-12-8-10-17-9-4-5-11-18(17)21/h4-7,9,11,13-15,21H,3,8,10,12,16H2,1-2H3. The van der Waals surface area contributed by atoms with Gasteiger partial charge < -0.3 is 9.64 Å². The van der Waals surface area contributed by atoms with Crippen molar-refractivity contribution < 1.29 is 14.3 Å². The fraction of sp³-hybridized carbons (Fsp3) is 0.333. The average molecular weight is 418 g/mol. The summed E-state index contributed by atoms with van der Waals surface area (Å²) in [7, 11) is 1.78. The second-order valence-electron chi connectivity index (χ2n) is 7.65. The van der Waals surface area contributed by atoms with Crippen LogP contribution in [0.2, 0.25) is 0 Å². The minimum Gasteiger partial charge on any atom is -0.452 e. The second-order valence-corrected chi connectivity index (χ2v) is 7.65. The van der Waals surface area contributed by atoms with Gasteiger partial charge in [-0.15, -0.1) is 0 Å². The molecule has 1 aromatic carbocycles. The molecular formula is C24H26N4O3. The van der Waals surface area contributed by atoms with Crippen molar-refractivity contribution >= 4 is 11.9 Å². The van der Waals surface area contributed by atoms with Gasteiger partial charge in [-0.3, -0.25) is 4.79 Å². The summed E-state index contributed by atoms with van der Waals surface area (Å²) in [5, 5.41) is 4.30. The topological polar surface area (TPSA) is 77.3 Å². The first-order valence-electron chi connectivity index (χ1n) is 10.6. The van der Waals surface area contributed by atoms with Crippen molar-refractivity contribution in [2.24, 2.45) is 0 Å². The first-order chi connectivity index (χ1) is 15.1. The lowest BCUT2D eigenvalue weighted by molar-refractivity contribution is -0.135. The Hall–Kier alpha value is -3.48. The molecule has 7 nitrogen and oxygen atoms in total. The van der Waals surface area contributed by atoms with Crippen molar-refractivity contribution in [3.8, 4) is 5.82 Å². The van der Waals surface area contributed by atoms with Gasteiger partial charge in [0.05, 0.1) is 17.9 Å². The van der Waals surface area contributed by atoms with Gasteiger partial charge in [0.2, 0.25) is 0 Å². The molecule has 160 valence electrons. The van der Waals surface area contributed by atoms with Crippen LogP contribution in [-0.4, -0.2) is 45.2 Å². The highest BCUT2D eigenvalue weighted by Crippen LogP contribution is 2.33. The summed E-state index contributed by atoms with van der Waals surface area (Å²) in [6, 6.07) is 13.7. The van der Waals surface area contributed by atoms with Crippen LogP contribution in [0.4, 0.5) is 0 Å². The Balaban J connectivity index is 1.44. The van der Waals surface area contributed by atoms with E-state index in [1.807, 2.05) is 37.3 Å². The molecule has 2 heterocycles. The number of esters is 1. The van der Waals surface area contributed by atoms with E-state index in [9.17, 15) is 9.59 Å². The number of fused-ring (bicyclic) bond motifs is 1. The zero-order chi connectivity index (χ0) is 21.8. The average Bonchev–Trinajstić information content (AvgIpc) is 3.26. The molecular weight excluding hydrogens is 392 g/mol. The van der Waals surface area contributed by atoms with Gasteiger partial charge in [-0.2, -0.15) is 5.10 Å². The third-order valence-corrected chi connectivity index (χ3v) is 5.82. The van der Waals surface area contributed by atoms with Crippen LogP contribution in [0.5, 0.6) is 0 Å². The lowest BCUT2D eigenvalue weighted by atomic mass is 9.87. The zero-order valence-corrected chi connectivity index (χ0v) is 17.8.